The van der Waals surface area contributed by atoms with Gasteiger partial charge in [-0.2, -0.15) is 10.5 Å². The van der Waals surface area contributed by atoms with E-state index in [1.165, 1.54) is 6.20 Å². The predicted octanol–water partition coefficient (Wildman–Crippen LogP) is 3.13. The number of hydrogen-bond donors (Lipinski definition) is 2. The summed E-state index contributed by atoms with van der Waals surface area (Å²) in [6.45, 7) is 6.36. The molecule has 0 aliphatic rings. The van der Waals surface area contributed by atoms with Gasteiger partial charge in [0.15, 0.2) is 0 Å². The fourth-order valence-corrected chi connectivity index (χ4v) is 1.91. The second-order valence-electron chi connectivity index (χ2n) is 5.49. The van der Waals surface area contributed by atoms with Crippen LogP contribution in [0.15, 0.2) is 24.4 Å². The lowest BCUT2D eigenvalue weighted by atomic mass is 9.87. The molecule has 0 amide bonds. The minimum absolute atomic E-state index is 0.0282. The number of nitrogens with zero attached hydrogens (tertiary/aromatic N) is 4. The van der Waals surface area contributed by atoms with Crippen LogP contribution in [0.3, 0.4) is 0 Å². The van der Waals surface area contributed by atoms with Gasteiger partial charge in [-0.25, -0.2) is 0 Å². The van der Waals surface area contributed by atoms with Crippen LogP contribution in [0.4, 0.5) is 5.69 Å². The van der Waals surface area contributed by atoms with E-state index in [1.807, 2.05) is 24.3 Å². The molecule has 0 unspecified atom stereocenters. The number of aromatic nitrogens is 4. The maximum absolute atomic E-state index is 9.08. The summed E-state index contributed by atoms with van der Waals surface area (Å²) in [4.78, 5) is 0. The summed E-state index contributed by atoms with van der Waals surface area (Å²) in [5.41, 5.74) is 2.14. The van der Waals surface area contributed by atoms with Gasteiger partial charge in [0, 0.05) is 6.20 Å². The van der Waals surface area contributed by atoms with Gasteiger partial charge in [-0.3, -0.25) is 0 Å². The molecule has 0 saturated carbocycles. The SMILES string of the molecule is CC(C)(C)c1ccc(NC=C(C#N)c2nn[nH]n2)c(Cl)c1. The first-order chi connectivity index (χ1) is 9.91. The van der Waals surface area contributed by atoms with Crippen molar-refractivity contribution in [3.05, 3.63) is 40.8 Å². The zero-order valence-electron chi connectivity index (χ0n) is 12.0. The number of halogens is 1. The van der Waals surface area contributed by atoms with Gasteiger partial charge >= 0.3 is 0 Å². The molecule has 0 spiro atoms. The van der Waals surface area contributed by atoms with E-state index in [9.17, 15) is 0 Å². The molecule has 6 nitrogen and oxygen atoms in total. The molecule has 2 N–H and O–H groups in total. The van der Waals surface area contributed by atoms with Crippen LogP contribution < -0.4 is 5.32 Å². The van der Waals surface area contributed by atoms with Crippen LogP contribution in [-0.2, 0) is 5.41 Å². The van der Waals surface area contributed by atoms with E-state index in [1.54, 1.807) is 0 Å². The van der Waals surface area contributed by atoms with Gasteiger partial charge in [0.1, 0.15) is 11.6 Å². The molecule has 0 saturated heterocycles. The van der Waals surface area contributed by atoms with Gasteiger partial charge in [-0.1, -0.05) is 38.4 Å². The Kier molecular flexibility index (Phi) is 4.24. The molecule has 0 aliphatic heterocycles. The first kappa shape index (κ1) is 15.0. The van der Waals surface area contributed by atoms with Gasteiger partial charge in [0.2, 0.25) is 5.82 Å². The summed E-state index contributed by atoms with van der Waals surface area (Å²) in [5.74, 6) is 0.229. The van der Waals surface area contributed by atoms with Gasteiger partial charge in [0.05, 0.1) is 10.7 Å². The third kappa shape index (κ3) is 3.58. The second-order valence-corrected chi connectivity index (χ2v) is 5.90. The average Bonchev–Trinajstić information content (AvgIpc) is 2.94. The van der Waals surface area contributed by atoms with Crippen LogP contribution in [0.1, 0.15) is 32.2 Å². The Bertz CT molecular complexity index is 691. The third-order valence-corrected chi connectivity index (χ3v) is 3.23. The fraction of sp³-hybridized carbons (Fsp3) is 0.286. The standard InChI is InChI=1S/C14H15ClN6/c1-14(2,3)10-4-5-12(11(15)6-10)17-8-9(7-16)13-18-20-21-19-13/h4-6,8,17H,1-3H3,(H,18,19,20,21). The number of tetrazole rings is 1. The van der Waals surface area contributed by atoms with Crippen molar-refractivity contribution in [3.8, 4) is 6.07 Å². The molecule has 2 rings (SSSR count). The highest BCUT2D eigenvalue weighted by Crippen LogP contribution is 2.30. The van der Waals surface area contributed by atoms with Crippen LogP contribution >= 0.6 is 11.6 Å². The van der Waals surface area contributed by atoms with Crippen molar-refractivity contribution in [1.82, 2.24) is 20.6 Å². The van der Waals surface area contributed by atoms with E-state index in [0.717, 1.165) is 5.56 Å². The number of allylic oxidation sites excluding steroid dienone is 1. The first-order valence-electron chi connectivity index (χ1n) is 6.32. The summed E-state index contributed by atoms with van der Waals surface area (Å²) < 4.78 is 0. The molecule has 1 aromatic heterocycles. The smallest absolute Gasteiger partial charge is 0.216 e. The lowest BCUT2D eigenvalue weighted by molar-refractivity contribution is 0.590. The van der Waals surface area contributed by atoms with Crippen molar-refractivity contribution < 1.29 is 0 Å². The van der Waals surface area contributed by atoms with Crippen LogP contribution in [0, 0.1) is 11.3 Å². The first-order valence-corrected chi connectivity index (χ1v) is 6.70. The molecule has 1 heterocycles. The Balaban J connectivity index is 2.23. The van der Waals surface area contributed by atoms with Crippen molar-refractivity contribution in [2.45, 2.75) is 26.2 Å². The summed E-state index contributed by atoms with van der Waals surface area (Å²) in [7, 11) is 0. The van der Waals surface area contributed by atoms with Gasteiger partial charge in [-0.15, -0.1) is 10.2 Å². The Morgan fingerprint density at radius 1 is 1.43 bits per heavy atom. The Hall–Kier alpha value is -2.39. The molecule has 0 aliphatic carbocycles. The average molecular weight is 303 g/mol. The van der Waals surface area contributed by atoms with Gasteiger partial charge in [-0.05, 0) is 28.3 Å². The number of benzene rings is 1. The minimum atomic E-state index is 0.0282. The molecule has 108 valence electrons. The highest BCUT2D eigenvalue weighted by Gasteiger charge is 2.15. The number of H-pyrrole nitrogens is 1. The monoisotopic (exact) mass is 302 g/mol. The lowest BCUT2D eigenvalue weighted by Crippen LogP contribution is -2.10. The van der Waals surface area contributed by atoms with E-state index >= 15 is 0 Å². The fourth-order valence-electron chi connectivity index (χ4n) is 1.67. The highest BCUT2D eigenvalue weighted by atomic mass is 35.5. The minimum Gasteiger partial charge on any atom is -0.359 e. The topological polar surface area (TPSA) is 90.3 Å². The number of hydrogen-bond acceptors (Lipinski definition) is 5. The summed E-state index contributed by atoms with van der Waals surface area (Å²) in [6, 6.07) is 7.80. The number of nitriles is 1. The number of anilines is 1. The molecule has 7 heteroatoms. The van der Waals surface area contributed by atoms with Crippen molar-refractivity contribution in [2.75, 3.05) is 5.32 Å². The molecule has 21 heavy (non-hydrogen) atoms. The molecule has 1 aromatic carbocycles. The quantitative estimate of drug-likeness (QED) is 0.850. The molecule has 0 radical (unpaired) electrons. The number of aromatic amines is 1. The van der Waals surface area contributed by atoms with Crippen LogP contribution in [0.2, 0.25) is 5.02 Å². The third-order valence-electron chi connectivity index (χ3n) is 2.91. The van der Waals surface area contributed by atoms with Crippen LogP contribution in [-0.4, -0.2) is 20.6 Å². The summed E-state index contributed by atoms with van der Waals surface area (Å²) in [5, 5.41) is 25.9. The van der Waals surface area contributed by atoms with Crippen LogP contribution in [0.25, 0.3) is 5.57 Å². The molecular formula is C14H15ClN6. The van der Waals surface area contributed by atoms with E-state index in [-0.39, 0.29) is 16.8 Å². The summed E-state index contributed by atoms with van der Waals surface area (Å²) in [6.07, 6.45) is 1.50. The van der Waals surface area contributed by atoms with E-state index in [0.29, 0.717) is 10.7 Å². The van der Waals surface area contributed by atoms with Crippen molar-refractivity contribution in [2.24, 2.45) is 0 Å². The maximum Gasteiger partial charge on any atom is 0.216 e. The maximum atomic E-state index is 9.08. The Morgan fingerprint density at radius 3 is 2.71 bits per heavy atom. The highest BCUT2D eigenvalue weighted by molar-refractivity contribution is 6.33. The Labute approximate surface area is 127 Å². The zero-order valence-corrected chi connectivity index (χ0v) is 12.7. The molecule has 0 fully saturated rings. The lowest BCUT2D eigenvalue weighted by Gasteiger charge is -2.20. The van der Waals surface area contributed by atoms with Gasteiger partial charge < -0.3 is 5.32 Å². The molecule has 0 atom stereocenters. The second kappa shape index (κ2) is 5.94. The van der Waals surface area contributed by atoms with E-state index in [2.05, 4.69) is 46.7 Å². The normalized spacial score (nSPS) is 12.0. The zero-order chi connectivity index (χ0) is 15.5. The summed E-state index contributed by atoms with van der Waals surface area (Å²) >= 11 is 6.26. The predicted molar refractivity (Wildman–Crippen MR) is 81.5 cm³/mol. The number of nitrogens with one attached hydrogen (secondary N) is 2. The molecular weight excluding hydrogens is 288 g/mol. The van der Waals surface area contributed by atoms with Crippen molar-refractivity contribution in [1.29, 1.82) is 5.26 Å². The van der Waals surface area contributed by atoms with Crippen LogP contribution in [0.5, 0.6) is 0 Å². The largest absolute Gasteiger partial charge is 0.359 e. The number of rotatable bonds is 3. The van der Waals surface area contributed by atoms with E-state index < -0.39 is 0 Å². The van der Waals surface area contributed by atoms with Crippen molar-refractivity contribution >= 4 is 22.9 Å². The molecule has 0 bridgehead atoms. The van der Waals surface area contributed by atoms with Crippen molar-refractivity contribution in [3.63, 3.8) is 0 Å². The molecule has 2 aromatic rings. The van der Waals surface area contributed by atoms with Gasteiger partial charge in [0.25, 0.3) is 0 Å². The Morgan fingerprint density at radius 2 is 2.19 bits per heavy atom. The van der Waals surface area contributed by atoms with E-state index in [4.69, 9.17) is 16.9 Å².